The first-order valence-corrected chi connectivity index (χ1v) is 8.69. The molecule has 1 amide bonds. The molecule has 138 valence electrons. The molecular formula is C20H29NO4. The summed E-state index contributed by atoms with van der Waals surface area (Å²) in [5.74, 6) is 1.47. The molecule has 0 unspecified atom stereocenters. The van der Waals surface area contributed by atoms with Gasteiger partial charge in [-0.3, -0.25) is 0 Å². The Morgan fingerprint density at radius 2 is 1.92 bits per heavy atom. The molecule has 5 nitrogen and oxygen atoms in total. The number of allylic oxidation sites excluding steroid dienone is 1. The summed E-state index contributed by atoms with van der Waals surface area (Å²) in [6.07, 6.45) is 4.52. The molecule has 25 heavy (non-hydrogen) atoms. The number of hydrogen-bond acceptors (Lipinski definition) is 4. The van der Waals surface area contributed by atoms with Gasteiger partial charge in [0.15, 0.2) is 11.5 Å². The second-order valence-electron chi connectivity index (χ2n) is 7.44. The van der Waals surface area contributed by atoms with Crippen molar-refractivity contribution in [3.8, 4) is 11.5 Å². The van der Waals surface area contributed by atoms with Crippen LogP contribution in [-0.2, 0) is 17.7 Å². The number of ether oxygens (including phenoxy) is 3. The summed E-state index contributed by atoms with van der Waals surface area (Å²) < 4.78 is 17.0. The Balaban J connectivity index is 2.36. The number of methoxy groups -OCH3 is 1. The fraction of sp³-hybridized carbons (Fsp3) is 0.550. The van der Waals surface area contributed by atoms with Gasteiger partial charge in [0.1, 0.15) is 5.60 Å². The third-order valence-corrected chi connectivity index (χ3v) is 3.72. The molecule has 0 saturated carbocycles. The molecule has 1 aliphatic rings. The van der Waals surface area contributed by atoms with Crippen molar-refractivity contribution in [2.45, 2.75) is 59.3 Å². The molecule has 0 aromatic heterocycles. The smallest absolute Gasteiger partial charge is 0.410 e. The van der Waals surface area contributed by atoms with Crippen LogP contribution in [0.4, 0.5) is 4.79 Å². The number of nitrogens with zero attached hydrogens (tertiary/aromatic N) is 1. The van der Waals surface area contributed by atoms with Crippen LogP contribution >= 0.6 is 0 Å². The minimum Gasteiger partial charge on any atom is -0.493 e. The fourth-order valence-electron chi connectivity index (χ4n) is 2.68. The highest BCUT2D eigenvalue weighted by molar-refractivity contribution is 5.69. The van der Waals surface area contributed by atoms with E-state index >= 15 is 0 Å². The monoisotopic (exact) mass is 347 g/mol. The van der Waals surface area contributed by atoms with Gasteiger partial charge in [-0.25, -0.2) is 4.79 Å². The topological polar surface area (TPSA) is 48.0 Å². The molecule has 0 saturated heterocycles. The largest absolute Gasteiger partial charge is 0.493 e. The Bertz CT molecular complexity index is 644. The molecule has 0 atom stereocenters. The maximum Gasteiger partial charge on any atom is 0.410 e. The lowest BCUT2D eigenvalue weighted by atomic mass is 10.00. The minimum absolute atomic E-state index is 0.0387. The molecule has 1 aliphatic heterocycles. The first-order valence-electron chi connectivity index (χ1n) is 8.69. The SMILES string of the molecule is COc1ccc2c(c1OC(C)C)C/C=C\CN(C(=O)OC(C)(C)C)C2. The number of benzene rings is 1. The summed E-state index contributed by atoms with van der Waals surface area (Å²) in [5, 5.41) is 0. The van der Waals surface area contributed by atoms with Crippen LogP contribution in [-0.4, -0.2) is 36.4 Å². The normalized spacial score (nSPS) is 15.9. The Morgan fingerprint density at radius 3 is 2.52 bits per heavy atom. The lowest BCUT2D eigenvalue weighted by Gasteiger charge is -2.29. The van der Waals surface area contributed by atoms with Crippen LogP contribution in [0.15, 0.2) is 24.3 Å². The maximum absolute atomic E-state index is 12.5. The van der Waals surface area contributed by atoms with E-state index in [0.29, 0.717) is 18.8 Å². The van der Waals surface area contributed by atoms with Crippen molar-refractivity contribution in [1.29, 1.82) is 0 Å². The first-order chi connectivity index (χ1) is 11.7. The zero-order valence-corrected chi connectivity index (χ0v) is 16.1. The van der Waals surface area contributed by atoms with Crippen molar-refractivity contribution in [2.24, 2.45) is 0 Å². The number of amides is 1. The highest BCUT2D eigenvalue weighted by Crippen LogP contribution is 2.36. The highest BCUT2D eigenvalue weighted by atomic mass is 16.6. The summed E-state index contributed by atoms with van der Waals surface area (Å²) in [5.41, 5.74) is 1.59. The summed E-state index contributed by atoms with van der Waals surface area (Å²) in [4.78, 5) is 14.2. The number of carbonyl (C=O) groups excluding carboxylic acids is 1. The van der Waals surface area contributed by atoms with Crippen molar-refractivity contribution >= 4 is 6.09 Å². The zero-order valence-electron chi connectivity index (χ0n) is 16.1. The standard InChI is InChI=1S/C20H29NO4/c1-14(2)24-18-16-9-7-8-12-21(19(22)25-20(3,4)5)13-15(16)10-11-17(18)23-6/h7-8,10-11,14H,9,12-13H2,1-6H3/b8-7-. The van der Waals surface area contributed by atoms with E-state index in [1.807, 2.05) is 52.8 Å². The summed E-state index contributed by atoms with van der Waals surface area (Å²) in [6, 6.07) is 3.90. The molecule has 2 rings (SSSR count). The van der Waals surface area contributed by atoms with Gasteiger partial charge in [-0.15, -0.1) is 0 Å². The van der Waals surface area contributed by atoms with Crippen LogP contribution < -0.4 is 9.47 Å². The molecule has 0 bridgehead atoms. The van der Waals surface area contributed by atoms with Crippen molar-refractivity contribution in [3.63, 3.8) is 0 Å². The van der Waals surface area contributed by atoms with Crippen molar-refractivity contribution in [2.75, 3.05) is 13.7 Å². The van der Waals surface area contributed by atoms with E-state index < -0.39 is 5.60 Å². The van der Waals surface area contributed by atoms with E-state index in [-0.39, 0.29) is 12.2 Å². The third-order valence-electron chi connectivity index (χ3n) is 3.72. The van der Waals surface area contributed by atoms with Gasteiger partial charge in [0.05, 0.1) is 13.2 Å². The average molecular weight is 347 g/mol. The first kappa shape index (κ1) is 19.2. The van der Waals surface area contributed by atoms with E-state index in [2.05, 4.69) is 6.08 Å². The number of fused-ring (bicyclic) bond motifs is 1. The average Bonchev–Trinajstić information content (AvgIpc) is 2.46. The molecule has 5 heteroatoms. The highest BCUT2D eigenvalue weighted by Gasteiger charge is 2.25. The quantitative estimate of drug-likeness (QED) is 0.764. The van der Waals surface area contributed by atoms with Crippen LogP contribution in [0.2, 0.25) is 0 Å². The van der Waals surface area contributed by atoms with Gasteiger partial charge in [-0.2, -0.15) is 0 Å². The molecule has 0 N–H and O–H groups in total. The number of rotatable bonds is 3. The number of carbonyl (C=O) groups is 1. The molecule has 1 heterocycles. The maximum atomic E-state index is 12.5. The molecular weight excluding hydrogens is 318 g/mol. The minimum atomic E-state index is -0.516. The van der Waals surface area contributed by atoms with Crippen molar-refractivity contribution in [3.05, 3.63) is 35.4 Å². The number of hydrogen-bond donors (Lipinski definition) is 0. The van der Waals surface area contributed by atoms with Gasteiger partial charge >= 0.3 is 6.09 Å². The van der Waals surface area contributed by atoms with E-state index in [9.17, 15) is 4.79 Å². The summed E-state index contributed by atoms with van der Waals surface area (Å²) in [6.45, 7) is 10.6. The van der Waals surface area contributed by atoms with E-state index in [4.69, 9.17) is 14.2 Å². The van der Waals surface area contributed by atoms with Gasteiger partial charge in [0.25, 0.3) is 0 Å². The predicted molar refractivity (Wildman–Crippen MR) is 98.2 cm³/mol. The predicted octanol–water partition coefficient (Wildman–Crippen LogP) is 4.33. The van der Waals surface area contributed by atoms with Crippen LogP contribution in [0.1, 0.15) is 45.7 Å². The van der Waals surface area contributed by atoms with Gasteiger partial charge in [-0.05, 0) is 52.7 Å². The third kappa shape index (κ3) is 5.15. The van der Waals surface area contributed by atoms with Gasteiger partial charge in [-0.1, -0.05) is 18.2 Å². The lowest BCUT2D eigenvalue weighted by molar-refractivity contribution is 0.0255. The molecule has 0 spiro atoms. The van der Waals surface area contributed by atoms with E-state index in [1.165, 1.54) is 0 Å². The molecule has 1 aromatic carbocycles. The van der Waals surface area contributed by atoms with Crippen molar-refractivity contribution in [1.82, 2.24) is 4.90 Å². The molecule has 0 fully saturated rings. The van der Waals surface area contributed by atoms with Gasteiger partial charge < -0.3 is 19.1 Å². The fourth-order valence-corrected chi connectivity index (χ4v) is 2.68. The Labute approximate surface area is 150 Å². The second-order valence-corrected chi connectivity index (χ2v) is 7.44. The van der Waals surface area contributed by atoms with Crippen LogP contribution in [0.3, 0.4) is 0 Å². The van der Waals surface area contributed by atoms with Gasteiger partial charge in [0.2, 0.25) is 0 Å². The van der Waals surface area contributed by atoms with E-state index in [1.54, 1.807) is 12.0 Å². The van der Waals surface area contributed by atoms with Crippen molar-refractivity contribution < 1.29 is 19.0 Å². The summed E-state index contributed by atoms with van der Waals surface area (Å²) in [7, 11) is 1.64. The molecule has 0 radical (unpaired) electrons. The Hall–Kier alpha value is -2.17. The second kappa shape index (κ2) is 7.81. The van der Waals surface area contributed by atoms with Crippen LogP contribution in [0.5, 0.6) is 11.5 Å². The van der Waals surface area contributed by atoms with Crippen LogP contribution in [0.25, 0.3) is 0 Å². The Kier molecular flexibility index (Phi) is 5.98. The van der Waals surface area contributed by atoms with Gasteiger partial charge in [0, 0.05) is 18.7 Å². The lowest BCUT2D eigenvalue weighted by Crippen LogP contribution is -2.37. The van der Waals surface area contributed by atoms with E-state index in [0.717, 1.165) is 23.3 Å². The van der Waals surface area contributed by atoms with Crippen LogP contribution in [0, 0.1) is 0 Å². The zero-order chi connectivity index (χ0) is 18.6. The Morgan fingerprint density at radius 1 is 1.20 bits per heavy atom. The molecule has 1 aromatic rings. The molecule has 0 aliphatic carbocycles. The summed E-state index contributed by atoms with van der Waals surface area (Å²) >= 11 is 0.